The van der Waals surface area contributed by atoms with E-state index in [1.165, 1.54) is 17.4 Å². The molecule has 0 radical (unpaired) electrons. The summed E-state index contributed by atoms with van der Waals surface area (Å²) in [6.07, 6.45) is 1.60. The zero-order valence-corrected chi connectivity index (χ0v) is 25.5. The van der Waals surface area contributed by atoms with Crippen molar-refractivity contribution in [3.63, 3.8) is 0 Å². The quantitative estimate of drug-likeness (QED) is 0.187. The van der Waals surface area contributed by atoms with Crippen molar-refractivity contribution < 1.29 is 14.5 Å². The third-order valence-corrected chi connectivity index (χ3v) is 8.57. The zero-order valence-electron chi connectivity index (χ0n) is 23.1. The molecule has 1 unspecified atom stereocenters. The number of aromatic nitrogens is 3. The molecule has 0 N–H and O–H groups in total. The summed E-state index contributed by atoms with van der Waals surface area (Å²) in [7, 11) is 0. The van der Waals surface area contributed by atoms with E-state index in [0.717, 1.165) is 21.4 Å². The summed E-state index contributed by atoms with van der Waals surface area (Å²) >= 11 is 4.92. The Balaban J connectivity index is 1.34. The summed E-state index contributed by atoms with van der Waals surface area (Å²) in [4.78, 5) is 46.1. The molecular weight excluding hydrogens is 608 g/mol. The molecule has 4 aromatic rings. The third kappa shape index (κ3) is 5.66. The lowest BCUT2D eigenvalue weighted by Gasteiger charge is -2.40. The minimum Gasteiger partial charge on any atom is -0.335 e. The normalized spacial score (nSPS) is 15.4. The van der Waals surface area contributed by atoms with E-state index in [0.29, 0.717) is 35.9 Å². The number of nitro groups is 1. The highest BCUT2D eigenvalue weighted by Crippen LogP contribution is 2.30. The molecule has 1 atom stereocenters. The number of aryl methyl sites for hydroxylation is 1. The van der Waals surface area contributed by atoms with E-state index < -0.39 is 4.92 Å². The summed E-state index contributed by atoms with van der Waals surface area (Å²) in [6.45, 7) is 8.57. The largest absolute Gasteiger partial charge is 0.335 e. The van der Waals surface area contributed by atoms with Crippen LogP contribution in [0.1, 0.15) is 58.7 Å². The maximum Gasteiger partial charge on any atom is 0.273 e. The minimum absolute atomic E-state index is 0.00842. The molecule has 1 aliphatic heterocycles. The maximum absolute atomic E-state index is 13.8. The molecule has 0 spiro atoms. The predicted molar refractivity (Wildman–Crippen MR) is 161 cm³/mol. The van der Waals surface area contributed by atoms with Gasteiger partial charge in [-0.05, 0) is 38.0 Å². The van der Waals surface area contributed by atoms with Gasteiger partial charge in [-0.2, -0.15) is 5.10 Å². The lowest BCUT2D eigenvalue weighted by molar-refractivity contribution is -0.385. The van der Waals surface area contributed by atoms with Crippen molar-refractivity contribution in [2.24, 2.45) is 0 Å². The number of amides is 2. The van der Waals surface area contributed by atoms with E-state index in [1.807, 2.05) is 50.4 Å². The molecule has 2 amide bonds. The van der Waals surface area contributed by atoms with Gasteiger partial charge in [0.05, 0.1) is 28.1 Å². The number of carbonyl (C=O) groups is 2. The third-order valence-electron chi connectivity index (χ3n) is 7.23. The number of benzene rings is 2. The van der Waals surface area contributed by atoms with E-state index in [-0.39, 0.29) is 35.0 Å². The maximum atomic E-state index is 13.8. The standard InChI is InChI=1S/C29H29BrN6O4S/c1-17(2)26-23(14-31-35(26)29-32-24(16-41-29)20-7-9-22(30)10-8-20)28(38)33-11-12-34(19(4)15-33)27(37)21-6-5-18(3)25(13-21)36(39)40/h5-10,13-14,16-17,19H,11-12,15H2,1-4H3. The molecular formula is C29H29BrN6O4S. The van der Waals surface area contributed by atoms with Crippen LogP contribution >= 0.6 is 27.3 Å². The average Bonchev–Trinajstić information content (AvgIpc) is 3.61. The van der Waals surface area contributed by atoms with Crippen molar-refractivity contribution >= 4 is 44.8 Å². The van der Waals surface area contributed by atoms with Gasteiger partial charge >= 0.3 is 0 Å². The molecule has 0 bridgehead atoms. The van der Waals surface area contributed by atoms with Gasteiger partial charge in [0, 0.05) is 58.3 Å². The second-order valence-electron chi connectivity index (χ2n) is 10.4. The number of rotatable bonds is 6. The second kappa shape index (κ2) is 11.5. The lowest BCUT2D eigenvalue weighted by Crippen LogP contribution is -2.55. The van der Waals surface area contributed by atoms with Crippen LogP contribution in [0.5, 0.6) is 0 Å². The molecule has 10 nitrogen and oxygen atoms in total. The topological polar surface area (TPSA) is 114 Å². The summed E-state index contributed by atoms with van der Waals surface area (Å²) < 4.78 is 2.74. The second-order valence-corrected chi connectivity index (χ2v) is 12.1. The van der Waals surface area contributed by atoms with Gasteiger partial charge in [-0.3, -0.25) is 19.7 Å². The summed E-state index contributed by atoms with van der Waals surface area (Å²) in [6, 6.07) is 12.2. The number of nitrogens with zero attached hydrogens (tertiary/aromatic N) is 6. The van der Waals surface area contributed by atoms with Gasteiger partial charge in [0.2, 0.25) is 5.13 Å². The van der Waals surface area contributed by atoms with E-state index in [4.69, 9.17) is 4.98 Å². The van der Waals surface area contributed by atoms with Crippen LogP contribution in [-0.4, -0.2) is 67.0 Å². The molecule has 212 valence electrons. The van der Waals surface area contributed by atoms with Crippen LogP contribution in [0.4, 0.5) is 5.69 Å². The van der Waals surface area contributed by atoms with Gasteiger partial charge in [-0.25, -0.2) is 9.67 Å². The summed E-state index contributed by atoms with van der Waals surface area (Å²) in [5, 5.41) is 18.6. The fourth-order valence-corrected chi connectivity index (χ4v) is 6.13. The number of hydrogen-bond acceptors (Lipinski definition) is 7. The first kappa shape index (κ1) is 28.6. The highest BCUT2D eigenvalue weighted by molar-refractivity contribution is 9.10. The van der Waals surface area contributed by atoms with Crippen molar-refractivity contribution in [2.45, 2.75) is 39.7 Å². The highest BCUT2D eigenvalue weighted by atomic mass is 79.9. The van der Waals surface area contributed by atoms with E-state index in [2.05, 4.69) is 21.0 Å². The lowest BCUT2D eigenvalue weighted by atomic mass is 10.0. The molecule has 1 fully saturated rings. The number of halogens is 1. The molecule has 2 aromatic heterocycles. The minimum atomic E-state index is -0.480. The Morgan fingerprint density at radius 1 is 1.12 bits per heavy atom. The Kier molecular flexibility index (Phi) is 8.05. The predicted octanol–water partition coefficient (Wildman–Crippen LogP) is 6.09. The smallest absolute Gasteiger partial charge is 0.273 e. The number of hydrogen-bond donors (Lipinski definition) is 0. The highest BCUT2D eigenvalue weighted by Gasteiger charge is 2.33. The Labute approximate surface area is 249 Å². The summed E-state index contributed by atoms with van der Waals surface area (Å²) in [5.41, 5.74) is 3.81. The Morgan fingerprint density at radius 2 is 1.85 bits per heavy atom. The number of nitro benzene ring substituents is 1. The Bertz CT molecular complexity index is 1630. The number of carbonyl (C=O) groups excluding carboxylic acids is 2. The van der Waals surface area contributed by atoms with Crippen LogP contribution in [-0.2, 0) is 0 Å². The molecule has 0 aliphatic carbocycles. The van der Waals surface area contributed by atoms with Crippen molar-refractivity contribution in [1.82, 2.24) is 24.6 Å². The van der Waals surface area contributed by atoms with Crippen LogP contribution in [0.2, 0.25) is 0 Å². The molecule has 0 saturated carbocycles. The van der Waals surface area contributed by atoms with Crippen LogP contribution in [0.25, 0.3) is 16.4 Å². The van der Waals surface area contributed by atoms with Gasteiger partial charge in [-0.1, -0.05) is 48.0 Å². The van der Waals surface area contributed by atoms with Crippen LogP contribution < -0.4 is 0 Å². The van der Waals surface area contributed by atoms with Gasteiger partial charge < -0.3 is 9.80 Å². The van der Waals surface area contributed by atoms with Crippen molar-refractivity contribution in [2.75, 3.05) is 19.6 Å². The fraction of sp³-hybridized carbons (Fsp3) is 0.310. The molecule has 1 aliphatic rings. The molecule has 2 aromatic carbocycles. The number of thiazole rings is 1. The average molecular weight is 638 g/mol. The van der Waals surface area contributed by atoms with Crippen molar-refractivity contribution in [3.05, 3.63) is 91.0 Å². The molecule has 12 heteroatoms. The van der Waals surface area contributed by atoms with Gasteiger partial charge in [0.1, 0.15) is 0 Å². The molecule has 5 rings (SSSR count). The van der Waals surface area contributed by atoms with E-state index in [9.17, 15) is 19.7 Å². The van der Waals surface area contributed by atoms with Gasteiger partial charge in [-0.15, -0.1) is 11.3 Å². The Morgan fingerprint density at radius 3 is 2.51 bits per heavy atom. The molecule has 1 saturated heterocycles. The van der Waals surface area contributed by atoms with Gasteiger partial charge in [0.15, 0.2) is 0 Å². The zero-order chi connectivity index (χ0) is 29.4. The SMILES string of the molecule is Cc1ccc(C(=O)N2CCN(C(=O)c3cnn(-c4nc(-c5ccc(Br)cc5)cs4)c3C(C)C)CC2C)cc1[N+](=O)[O-]. The first-order valence-electron chi connectivity index (χ1n) is 13.2. The van der Waals surface area contributed by atoms with Crippen molar-refractivity contribution in [1.29, 1.82) is 0 Å². The first-order chi connectivity index (χ1) is 19.5. The number of piperazine rings is 1. The van der Waals surface area contributed by atoms with Gasteiger partial charge in [0.25, 0.3) is 17.5 Å². The van der Waals surface area contributed by atoms with Crippen molar-refractivity contribution in [3.8, 4) is 16.4 Å². The van der Waals surface area contributed by atoms with Crippen LogP contribution in [0.15, 0.2) is 58.5 Å². The molecule has 41 heavy (non-hydrogen) atoms. The molecule has 3 heterocycles. The van der Waals surface area contributed by atoms with E-state index >= 15 is 0 Å². The van der Waals surface area contributed by atoms with Crippen LogP contribution in [0, 0.1) is 17.0 Å². The monoisotopic (exact) mass is 636 g/mol. The fourth-order valence-electron chi connectivity index (χ4n) is 5.06. The van der Waals surface area contributed by atoms with Crippen LogP contribution in [0.3, 0.4) is 0 Å². The summed E-state index contributed by atoms with van der Waals surface area (Å²) in [5.74, 6) is -0.419. The first-order valence-corrected chi connectivity index (χ1v) is 14.9. The Hall–Kier alpha value is -3.90. The van der Waals surface area contributed by atoms with E-state index in [1.54, 1.807) is 39.7 Å².